The second kappa shape index (κ2) is 8.03. The Labute approximate surface area is 164 Å². The number of furan rings is 1. The highest BCUT2D eigenvalue weighted by molar-refractivity contribution is 5.93. The molecule has 1 aromatic heterocycles. The van der Waals surface area contributed by atoms with Crippen molar-refractivity contribution in [3.8, 4) is 0 Å². The normalized spacial score (nSPS) is 21.4. The predicted octanol–water partition coefficient (Wildman–Crippen LogP) is 4.24. The lowest BCUT2D eigenvalue weighted by Crippen LogP contribution is -2.37. The third-order valence-electron chi connectivity index (χ3n) is 6.29. The van der Waals surface area contributed by atoms with E-state index in [1.165, 1.54) is 0 Å². The molecule has 150 valence electrons. The van der Waals surface area contributed by atoms with Gasteiger partial charge in [0.15, 0.2) is 17.4 Å². The standard InChI is InChI=1S/C22H26F2N2O2/c1-15-8-12-28-21(15)22(27)26-11-7-17(14-26)16-5-9-25(10-6-16)13-18-3-2-4-19(23)20(18)24/h2-4,8,12,16-17H,5-7,9-11,13-14H2,1H3/t17-/m0/s1. The predicted molar refractivity (Wildman–Crippen MR) is 102 cm³/mol. The van der Waals surface area contributed by atoms with Gasteiger partial charge < -0.3 is 9.32 Å². The zero-order valence-electron chi connectivity index (χ0n) is 16.2. The molecule has 0 radical (unpaired) electrons. The minimum Gasteiger partial charge on any atom is -0.459 e. The van der Waals surface area contributed by atoms with Gasteiger partial charge in [-0.15, -0.1) is 0 Å². The first-order chi connectivity index (χ1) is 13.5. The zero-order chi connectivity index (χ0) is 19.7. The van der Waals surface area contributed by atoms with Crippen molar-refractivity contribution in [2.24, 2.45) is 11.8 Å². The number of hydrogen-bond donors (Lipinski definition) is 0. The fraction of sp³-hybridized carbons (Fsp3) is 0.500. The first kappa shape index (κ1) is 19.1. The average molecular weight is 388 g/mol. The quantitative estimate of drug-likeness (QED) is 0.786. The second-order valence-corrected chi connectivity index (χ2v) is 8.06. The number of hydrogen-bond acceptors (Lipinski definition) is 3. The third-order valence-corrected chi connectivity index (χ3v) is 6.29. The first-order valence-corrected chi connectivity index (χ1v) is 10.0. The molecule has 4 rings (SSSR count). The lowest BCUT2D eigenvalue weighted by molar-refractivity contribution is 0.0740. The number of carbonyl (C=O) groups is 1. The molecule has 2 aromatic rings. The van der Waals surface area contributed by atoms with E-state index in [1.807, 2.05) is 17.9 Å². The van der Waals surface area contributed by atoms with Gasteiger partial charge in [-0.1, -0.05) is 12.1 Å². The minimum atomic E-state index is -0.783. The van der Waals surface area contributed by atoms with E-state index in [2.05, 4.69) is 4.90 Å². The van der Waals surface area contributed by atoms with E-state index >= 15 is 0 Å². The lowest BCUT2D eigenvalue weighted by atomic mass is 9.83. The molecule has 1 amide bonds. The van der Waals surface area contributed by atoms with Gasteiger partial charge in [0.05, 0.1) is 6.26 Å². The largest absolute Gasteiger partial charge is 0.459 e. The fourth-order valence-corrected chi connectivity index (χ4v) is 4.59. The van der Waals surface area contributed by atoms with Gasteiger partial charge >= 0.3 is 0 Å². The van der Waals surface area contributed by atoms with Crippen LogP contribution in [0.2, 0.25) is 0 Å². The van der Waals surface area contributed by atoms with Crippen LogP contribution in [-0.2, 0) is 6.54 Å². The maximum Gasteiger partial charge on any atom is 0.289 e. The van der Waals surface area contributed by atoms with Crippen molar-refractivity contribution in [1.82, 2.24) is 9.80 Å². The molecule has 0 spiro atoms. The highest BCUT2D eigenvalue weighted by Crippen LogP contribution is 2.33. The molecule has 0 unspecified atom stereocenters. The van der Waals surface area contributed by atoms with Crippen LogP contribution in [0.1, 0.15) is 40.9 Å². The summed E-state index contributed by atoms with van der Waals surface area (Å²) in [4.78, 5) is 16.7. The second-order valence-electron chi connectivity index (χ2n) is 8.06. The van der Waals surface area contributed by atoms with Gasteiger partial charge in [0.2, 0.25) is 0 Å². The minimum absolute atomic E-state index is 0.0102. The van der Waals surface area contributed by atoms with Gasteiger partial charge in [0.1, 0.15) is 0 Å². The number of halogens is 2. The maximum atomic E-state index is 13.9. The lowest BCUT2D eigenvalue weighted by Gasteiger charge is -2.34. The maximum absolute atomic E-state index is 13.9. The summed E-state index contributed by atoms with van der Waals surface area (Å²) in [6.07, 6.45) is 4.65. The summed E-state index contributed by atoms with van der Waals surface area (Å²) in [5, 5.41) is 0. The van der Waals surface area contributed by atoms with Gasteiger partial charge in [-0.25, -0.2) is 8.78 Å². The van der Waals surface area contributed by atoms with E-state index in [0.717, 1.165) is 57.1 Å². The molecule has 6 heteroatoms. The summed E-state index contributed by atoms with van der Waals surface area (Å²) in [5.41, 5.74) is 1.30. The Morgan fingerprint density at radius 2 is 1.86 bits per heavy atom. The van der Waals surface area contributed by atoms with Crippen LogP contribution in [0, 0.1) is 30.4 Å². The van der Waals surface area contributed by atoms with Crippen molar-refractivity contribution in [2.75, 3.05) is 26.2 Å². The van der Waals surface area contributed by atoms with Crippen LogP contribution in [0.15, 0.2) is 34.9 Å². The Bertz CT molecular complexity index is 843. The molecule has 2 aliphatic heterocycles. The number of nitrogens with zero attached hydrogens (tertiary/aromatic N) is 2. The summed E-state index contributed by atoms with van der Waals surface area (Å²) in [5.74, 6) is 0.00525. The van der Waals surface area contributed by atoms with Crippen molar-refractivity contribution >= 4 is 5.91 Å². The van der Waals surface area contributed by atoms with Crippen molar-refractivity contribution in [3.63, 3.8) is 0 Å². The van der Waals surface area contributed by atoms with Gasteiger partial charge in [-0.3, -0.25) is 9.69 Å². The van der Waals surface area contributed by atoms with Gasteiger partial charge in [-0.05, 0) is 63.2 Å². The number of likely N-dealkylation sites (tertiary alicyclic amines) is 2. The van der Waals surface area contributed by atoms with Crippen molar-refractivity contribution in [2.45, 2.75) is 32.7 Å². The van der Waals surface area contributed by atoms with Crippen molar-refractivity contribution < 1.29 is 18.0 Å². The van der Waals surface area contributed by atoms with E-state index in [1.54, 1.807) is 18.4 Å². The molecule has 2 fully saturated rings. The number of piperidine rings is 1. The first-order valence-electron chi connectivity index (χ1n) is 10.0. The van der Waals surface area contributed by atoms with Crippen LogP contribution in [0.3, 0.4) is 0 Å². The molecule has 1 aromatic carbocycles. The van der Waals surface area contributed by atoms with E-state index in [-0.39, 0.29) is 5.91 Å². The highest BCUT2D eigenvalue weighted by atomic mass is 19.2. The Hall–Kier alpha value is -2.21. The van der Waals surface area contributed by atoms with E-state index in [0.29, 0.717) is 29.7 Å². The molecule has 0 saturated carbocycles. The molecule has 0 N–H and O–H groups in total. The summed E-state index contributed by atoms with van der Waals surface area (Å²) in [6, 6.07) is 6.19. The van der Waals surface area contributed by atoms with Crippen molar-refractivity contribution in [3.05, 3.63) is 59.1 Å². The molecule has 28 heavy (non-hydrogen) atoms. The Balaban J connectivity index is 1.29. The monoisotopic (exact) mass is 388 g/mol. The molecule has 1 atom stereocenters. The molecule has 0 aliphatic carbocycles. The Kier molecular flexibility index (Phi) is 5.49. The third kappa shape index (κ3) is 3.83. The van der Waals surface area contributed by atoms with Gasteiger partial charge in [0, 0.05) is 30.8 Å². The number of aryl methyl sites for hydroxylation is 1. The topological polar surface area (TPSA) is 36.7 Å². The Morgan fingerprint density at radius 1 is 1.11 bits per heavy atom. The van der Waals surface area contributed by atoms with E-state index in [4.69, 9.17) is 4.42 Å². The van der Waals surface area contributed by atoms with Crippen LogP contribution in [0.25, 0.3) is 0 Å². The van der Waals surface area contributed by atoms with E-state index in [9.17, 15) is 13.6 Å². The average Bonchev–Trinajstić information content (AvgIpc) is 3.35. The van der Waals surface area contributed by atoms with Crippen molar-refractivity contribution in [1.29, 1.82) is 0 Å². The van der Waals surface area contributed by atoms with Crippen LogP contribution in [0.5, 0.6) is 0 Å². The van der Waals surface area contributed by atoms with Crippen LogP contribution in [-0.4, -0.2) is 41.9 Å². The summed E-state index contributed by atoms with van der Waals surface area (Å²) >= 11 is 0. The zero-order valence-corrected chi connectivity index (χ0v) is 16.2. The van der Waals surface area contributed by atoms with Gasteiger partial charge in [-0.2, -0.15) is 0 Å². The molecular formula is C22H26F2N2O2. The van der Waals surface area contributed by atoms with Crippen LogP contribution >= 0.6 is 0 Å². The number of carbonyl (C=O) groups excluding carboxylic acids is 1. The molecule has 3 heterocycles. The molecule has 2 aliphatic rings. The summed E-state index contributed by atoms with van der Waals surface area (Å²) < 4.78 is 32.6. The number of rotatable bonds is 4. The molecule has 0 bridgehead atoms. The van der Waals surface area contributed by atoms with Crippen LogP contribution < -0.4 is 0 Å². The summed E-state index contributed by atoms with van der Waals surface area (Å²) in [6.45, 7) is 5.65. The highest BCUT2D eigenvalue weighted by Gasteiger charge is 2.35. The van der Waals surface area contributed by atoms with Gasteiger partial charge in [0.25, 0.3) is 5.91 Å². The Morgan fingerprint density at radius 3 is 2.57 bits per heavy atom. The molecular weight excluding hydrogens is 362 g/mol. The van der Waals surface area contributed by atoms with Crippen LogP contribution in [0.4, 0.5) is 8.78 Å². The number of benzene rings is 1. The van der Waals surface area contributed by atoms with E-state index < -0.39 is 11.6 Å². The smallest absolute Gasteiger partial charge is 0.289 e. The summed E-state index contributed by atoms with van der Waals surface area (Å²) in [7, 11) is 0. The SMILES string of the molecule is Cc1ccoc1C(=O)N1CC[C@H](C2CCN(Cc3cccc(F)c3F)CC2)C1. The fourth-order valence-electron chi connectivity index (χ4n) is 4.59. The molecule has 2 saturated heterocycles. The molecule has 4 nitrogen and oxygen atoms in total. The number of amides is 1.